The van der Waals surface area contributed by atoms with Crippen LogP contribution in [0, 0.1) is 0 Å². The van der Waals surface area contributed by atoms with E-state index in [9.17, 15) is 0 Å². The largest absolute Gasteiger partial charge is 0.456 e. The van der Waals surface area contributed by atoms with Crippen molar-refractivity contribution in [3.8, 4) is 22.3 Å². The summed E-state index contributed by atoms with van der Waals surface area (Å²) < 4.78 is 14.3. The molecular weight excluding hydrogens is 781 g/mol. The fourth-order valence-corrected chi connectivity index (χ4v) is 11.1. The van der Waals surface area contributed by atoms with Crippen LogP contribution in [0.3, 0.4) is 0 Å². The van der Waals surface area contributed by atoms with E-state index in [1.165, 1.54) is 55.9 Å². The van der Waals surface area contributed by atoms with E-state index in [1.54, 1.807) is 0 Å². The molecule has 0 bridgehead atoms. The first kappa shape index (κ1) is 36.8. The maximum atomic E-state index is 7.15. The average Bonchev–Trinajstić information content (AvgIpc) is 3.88. The summed E-state index contributed by atoms with van der Waals surface area (Å²) in [6.45, 7) is 9.33. The summed E-state index contributed by atoms with van der Waals surface area (Å²) in [4.78, 5) is 4.83. The smallest absolute Gasteiger partial charge is 0.141 e. The molecule has 2 aromatic heterocycles. The van der Waals surface area contributed by atoms with E-state index >= 15 is 0 Å². The number of hydrogen-bond donors (Lipinski definition) is 0. The van der Waals surface area contributed by atoms with Crippen LogP contribution in [-0.2, 0) is 10.8 Å². The van der Waals surface area contributed by atoms with Gasteiger partial charge in [0.15, 0.2) is 0 Å². The molecule has 2 aliphatic heterocycles. The minimum Gasteiger partial charge on any atom is -0.456 e. The molecular formula is C60H44N2O2. The molecule has 0 saturated heterocycles. The van der Waals surface area contributed by atoms with Crippen LogP contribution < -0.4 is 9.80 Å². The van der Waals surface area contributed by atoms with E-state index in [4.69, 9.17) is 8.83 Å². The van der Waals surface area contributed by atoms with Crippen molar-refractivity contribution >= 4 is 78.0 Å². The highest BCUT2D eigenvalue weighted by Crippen LogP contribution is 2.57. The van der Waals surface area contributed by atoms with Gasteiger partial charge in [0, 0.05) is 54.9 Å². The third-order valence-corrected chi connectivity index (χ3v) is 14.1. The van der Waals surface area contributed by atoms with E-state index in [-0.39, 0.29) is 10.8 Å². The molecule has 0 unspecified atom stereocenters. The Morgan fingerprint density at radius 3 is 1.16 bits per heavy atom. The Morgan fingerprint density at radius 1 is 0.328 bits per heavy atom. The van der Waals surface area contributed by atoms with Gasteiger partial charge in [0.1, 0.15) is 22.3 Å². The van der Waals surface area contributed by atoms with Crippen LogP contribution in [0.15, 0.2) is 203 Å². The fourth-order valence-electron chi connectivity index (χ4n) is 11.1. The SMILES string of the molecule is CC1(C)c2ccccc2N(c2cccc(-c3ccccc3)c2)c2ccc3c(oc4cc5c(cc43)oc3c4c(ccc35)N(c3cccc(-c5ccccc5)c3)c3ccccc3C4(C)C)c21. The Labute approximate surface area is 372 Å². The molecule has 11 aromatic rings. The van der Waals surface area contributed by atoms with Crippen molar-refractivity contribution in [1.29, 1.82) is 0 Å². The van der Waals surface area contributed by atoms with Crippen LogP contribution in [0.25, 0.3) is 66.1 Å². The van der Waals surface area contributed by atoms with Crippen molar-refractivity contribution in [1.82, 2.24) is 0 Å². The molecule has 0 amide bonds. The van der Waals surface area contributed by atoms with Gasteiger partial charge in [-0.2, -0.15) is 0 Å². The molecule has 0 N–H and O–H groups in total. The van der Waals surface area contributed by atoms with Gasteiger partial charge in [-0.05, 0) is 106 Å². The Kier molecular flexibility index (Phi) is 7.67. The highest BCUT2D eigenvalue weighted by molar-refractivity contribution is 6.17. The lowest BCUT2D eigenvalue weighted by Gasteiger charge is -2.42. The maximum Gasteiger partial charge on any atom is 0.141 e. The number of furan rings is 2. The van der Waals surface area contributed by atoms with Gasteiger partial charge in [-0.15, -0.1) is 0 Å². The van der Waals surface area contributed by atoms with Crippen LogP contribution in [0.5, 0.6) is 0 Å². The third kappa shape index (κ3) is 5.17. The minimum atomic E-state index is -0.341. The van der Waals surface area contributed by atoms with Crippen LogP contribution in [0.1, 0.15) is 49.9 Å². The van der Waals surface area contributed by atoms with Gasteiger partial charge in [-0.3, -0.25) is 0 Å². The quantitative estimate of drug-likeness (QED) is 0.177. The van der Waals surface area contributed by atoms with E-state index in [2.05, 4.69) is 232 Å². The minimum absolute atomic E-state index is 0.341. The molecule has 64 heavy (non-hydrogen) atoms. The lowest BCUT2D eigenvalue weighted by Crippen LogP contribution is -2.30. The normalized spacial score (nSPS) is 14.8. The zero-order valence-corrected chi connectivity index (χ0v) is 36.2. The number of para-hydroxylation sites is 2. The van der Waals surface area contributed by atoms with Crippen LogP contribution >= 0.6 is 0 Å². The zero-order valence-electron chi connectivity index (χ0n) is 36.2. The van der Waals surface area contributed by atoms with Crippen molar-refractivity contribution < 1.29 is 8.83 Å². The topological polar surface area (TPSA) is 32.8 Å². The summed E-state index contributed by atoms with van der Waals surface area (Å²) in [5.41, 5.74) is 19.3. The Bertz CT molecular complexity index is 3440. The van der Waals surface area contributed by atoms with Crippen molar-refractivity contribution in [2.45, 2.75) is 38.5 Å². The molecule has 4 nitrogen and oxygen atoms in total. The van der Waals surface area contributed by atoms with Gasteiger partial charge in [0.25, 0.3) is 0 Å². The molecule has 9 aromatic carbocycles. The lowest BCUT2D eigenvalue weighted by atomic mass is 9.73. The highest BCUT2D eigenvalue weighted by Gasteiger charge is 2.41. The maximum absolute atomic E-state index is 7.15. The van der Waals surface area contributed by atoms with E-state index in [1.807, 2.05) is 0 Å². The second kappa shape index (κ2) is 13.3. The molecule has 4 heteroatoms. The standard InChI is InChI=1S/C60H44N2O2/c1-59(2)47-25-11-13-27-49(47)61(41-23-15-21-39(33-41)37-17-7-5-8-18-37)51-31-29-43-45-35-54-46(36-53(45)63-57(43)55(51)59)44-30-32-52-56(58(44)64-54)60(3,4)48-26-12-14-28-50(48)62(52)42-24-16-22-40(34-42)38-19-9-6-10-20-38/h5-36H,1-4H3. The van der Waals surface area contributed by atoms with Gasteiger partial charge < -0.3 is 18.6 Å². The van der Waals surface area contributed by atoms with Crippen molar-refractivity contribution in [2.24, 2.45) is 0 Å². The molecule has 0 atom stereocenters. The van der Waals surface area contributed by atoms with E-state index in [0.29, 0.717) is 0 Å². The summed E-state index contributed by atoms with van der Waals surface area (Å²) in [5, 5.41) is 4.27. The highest BCUT2D eigenvalue weighted by atomic mass is 16.3. The summed E-state index contributed by atoms with van der Waals surface area (Å²) >= 11 is 0. The first-order valence-electron chi connectivity index (χ1n) is 22.3. The van der Waals surface area contributed by atoms with Crippen LogP contribution in [0.4, 0.5) is 34.1 Å². The zero-order chi connectivity index (χ0) is 42.9. The molecule has 306 valence electrons. The van der Waals surface area contributed by atoms with E-state index in [0.717, 1.165) is 66.6 Å². The van der Waals surface area contributed by atoms with Gasteiger partial charge in [0.05, 0.1) is 22.7 Å². The molecule has 2 aliphatic rings. The first-order chi connectivity index (χ1) is 31.3. The second-order valence-electron chi connectivity index (χ2n) is 18.5. The molecule has 0 spiro atoms. The predicted octanol–water partition coefficient (Wildman–Crippen LogP) is 17.0. The van der Waals surface area contributed by atoms with E-state index < -0.39 is 0 Å². The first-order valence-corrected chi connectivity index (χ1v) is 22.3. The Hall–Kier alpha value is -7.82. The van der Waals surface area contributed by atoms with Crippen LogP contribution in [0.2, 0.25) is 0 Å². The second-order valence-corrected chi connectivity index (χ2v) is 18.5. The number of fused-ring (bicyclic) bond motifs is 12. The summed E-state index contributed by atoms with van der Waals surface area (Å²) in [5.74, 6) is 0. The van der Waals surface area contributed by atoms with Gasteiger partial charge in [0.2, 0.25) is 0 Å². The Morgan fingerprint density at radius 2 is 0.719 bits per heavy atom. The summed E-state index contributed by atoms with van der Waals surface area (Å²) in [6.07, 6.45) is 0. The predicted molar refractivity (Wildman–Crippen MR) is 265 cm³/mol. The molecule has 4 heterocycles. The molecule has 0 fully saturated rings. The number of hydrogen-bond acceptors (Lipinski definition) is 4. The molecule has 0 saturated carbocycles. The lowest BCUT2D eigenvalue weighted by molar-refractivity contribution is 0.600. The monoisotopic (exact) mass is 824 g/mol. The van der Waals surface area contributed by atoms with Gasteiger partial charge in [-0.1, -0.05) is 149 Å². The van der Waals surface area contributed by atoms with Crippen molar-refractivity contribution in [3.05, 3.63) is 216 Å². The molecule has 13 rings (SSSR count). The van der Waals surface area contributed by atoms with Crippen molar-refractivity contribution in [3.63, 3.8) is 0 Å². The fraction of sp³-hybridized carbons (Fsp3) is 0.100. The Balaban J connectivity index is 0.996. The summed E-state index contributed by atoms with van der Waals surface area (Å²) in [7, 11) is 0. The van der Waals surface area contributed by atoms with Crippen LogP contribution in [-0.4, -0.2) is 0 Å². The molecule has 0 radical (unpaired) electrons. The van der Waals surface area contributed by atoms with Gasteiger partial charge >= 0.3 is 0 Å². The number of anilines is 6. The third-order valence-electron chi connectivity index (χ3n) is 14.1. The number of benzene rings is 9. The van der Waals surface area contributed by atoms with Gasteiger partial charge in [-0.25, -0.2) is 0 Å². The molecule has 0 aliphatic carbocycles. The number of nitrogens with zero attached hydrogens (tertiary/aromatic N) is 2. The summed E-state index contributed by atoms with van der Waals surface area (Å²) in [6, 6.07) is 70.1. The van der Waals surface area contributed by atoms with Crippen molar-refractivity contribution in [2.75, 3.05) is 9.80 Å². The number of rotatable bonds is 4. The average molecular weight is 825 g/mol.